The topological polar surface area (TPSA) is 0 Å². The SMILES string of the molecule is [PH-][PH+](I)I.[V]. The summed E-state index contributed by atoms with van der Waals surface area (Å²) in [7, 11) is 3.39. The van der Waals surface area contributed by atoms with Gasteiger partial charge in [-0.2, -0.15) is 0 Å². The number of hydrogen-bond acceptors (Lipinski definition) is 0. The third kappa shape index (κ3) is 19.7. The summed E-state index contributed by atoms with van der Waals surface area (Å²) in [5, 5.41) is 0. The van der Waals surface area contributed by atoms with Crippen molar-refractivity contribution < 1.29 is 18.6 Å². The second-order valence-corrected chi connectivity index (χ2v) is 21.1. The Kier molecular flexibility index (Phi) is 14.9. The number of hydrogen-bond donors (Lipinski definition) is 0. The van der Waals surface area contributed by atoms with Crippen molar-refractivity contribution in [3.05, 3.63) is 0 Å². The molecule has 0 heterocycles. The van der Waals surface area contributed by atoms with Gasteiger partial charge in [0.15, 0.2) is 0 Å². The molecule has 0 unspecified atom stereocenters. The number of rotatable bonds is 0. The zero-order valence-corrected chi connectivity index (χ0v) is 9.91. The van der Waals surface area contributed by atoms with E-state index in [9.17, 15) is 0 Å². The van der Waals surface area contributed by atoms with Gasteiger partial charge in [-0.1, -0.05) is 0 Å². The predicted octanol–water partition coefficient (Wildman–Crippen LogP) is 2.96. The Labute approximate surface area is 73.3 Å². The Bertz CT molecular complexity index is 12.4. The van der Waals surface area contributed by atoms with Crippen molar-refractivity contribution >= 4 is 55.9 Å². The summed E-state index contributed by atoms with van der Waals surface area (Å²) < 4.78 is -0.134. The molecule has 0 N–H and O–H groups in total. The van der Waals surface area contributed by atoms with Gasteiger partial charge < -0.3 is 8.93 Å². The van der Waals surface area contributed by atoms with Gasteiger partial charge in [-0.15, -0.1) is 0 Å². The maximum absolute atomic E-state index is 3.39. The fourth-order valence-corrected chi connectivity index (χ4v) is 0. The van der Waals surface area contributed by atoms with E-state index in [2.05, 4.69) is 53.0 Å². The maximum atomic E-state index is 3.39. The molecule has 0 rings (SSSR count). The van der Waals surface area contributed by atoms with Crippen molar-refractivity contribution in [1.82, 2.24) is 0 Å². The first-order valence-electron chi connectivity index (χ1n) is 0.628. The molecule has 1 radical (unpaired) electrons. The van der Waals surface area contributed by atoms with E-state index in [4.69, 9.17) is 0 Å². The van der Waals surface area contributed by atoms with Gasteiger partial charge in [-0.05, 0) is 2.90 Å². The van der Waals surface area contributed by atoms with Crippen molar-refractivity contribution in [1.29, 1.82) is 0 Å². The molecule has 0 saturated heterocycles. The zero-order valence-electron chi connectivity index (χ0n) is 2.20. The molecule has 0 bridgehead atoms. The molecule has 5 heavy (non-hydrogen) atoms. The van der Waals surface area contributed by atoms with Gasteiger partial charge >= 0.3 is 0 Å². The molecule has 0 atom stereocenters. The monoisotopic (exact) mass is 369 g/mol. The van der Waals surface area contributed by atoms with Gasteiger partial charge in [0.1, 0.15) is 44.1 Å². The van der Waals surface area contributed by atoms with Crippen LogP contribution in [-0.4, -0.2) is 0 Å². The first-order chi connectivity index (χ1) is 1.73. The Hall–Kier alpha value is 2.90. The van der Waals surface area contributed by atoms with E-state index in [1.54, 1.807) is 0 Å². The van der Waals surface area contributed by atoms with E-state index in [0.29, 0.717) is 0 Å². The molecule has 0 nitrogen and oxygen atoms in total. The predicted molar refractivity (Wildman–Crippen MR) is 44.7 cm³/mol. The Morgan fingerprint density at radius 2 is 1.40 bits per heavy atom. The van der Waals surface area contributed by atoms with Gasteiger partial charge in [-0.3, -0.25) is 0 Å². The van der Waals surface area contributed by atoms with Crippen LogP contribution in [0.3, 0.4) is 0 Å². The van der Waals surface area contributed by atoms with Crippen molar-refractivity contribution in [3.8, 4) is 0 Å². The molecule has 5 heteroatoms. The molecule has 0 spiro atoms. The molecular formula is H2I2P2V. The minimum Gasteiger partial charge on any atom is -0.328 e. The molecule has 0 aliphatic carbocycles. The Morgan fingerprint density at radius 3 is 1.40 bits per heavy atom. The molecule has 0 aromatic heterocycles. The summed E-state index contributed by atoms with van der Waals surface area (Å²) in [6, 6.07) is 0. The third-order valence-corrected chi connectivity index (χ3v) is 0. The quantitative estimate of drug-likeness (QED) is 0.455. The van der Waals surface area contributed by atoms with Crippen LogP contribution in [0.15, 0.2) is 0 Å². The average molecular weight is 369 g/mol. The standard InChI is InChI=1S/H2I2P2.V/c1-4(2)3;/h3-4H;. The maximum Gasteiger partial charge on any atom is 0.126 e. The Morgan fingerprint density at radius 1 is 1.40 bits per heavy atom. The van der Waals surface area contributed by atoms with Crippen LogP contribution in [0, 0.1) is 0 Å². The molecule has 0 fully saturated rings. The van der Waals surface area contributed by atoms with Gasteiger partial charge in [0, 0.05) is 18.6 Å². The Balaban J connectivity index is 0. The van der Waals surface area contributed by atoms with Crippen LogP contribution in [0.4, 0.5) is 0 Å². The third-order valence-electron chi connectivity index (χ3n) is 0. The van der Waals surface area contributed by atoms with Crippen LogP contribution in [0.2, 0.25) is 0 Å². The second-order valence-electron chi connectivity index (χ2n) is 0.260. The van der Waals surface area contributed by atoms with Gasteiger partial charge in [0.25, 0.3) is 0 Å². The smallest absolute Gasteiger partial charge is 0.126 e. The van der Waals surface area contributed by atoms with Gasteiger partial charge in [0.2, 0.25) is 0 Å². The first-order valence-corrected chi connectivity index (χ1v) is 9.86. The summed E-state index contributed by atoms with van der Waals surface area (Å²) in [6.07, 6.45) is 0. The van der Waals surface area contributed by atoms with Crippen molar-refractivity contribution in [3.63, 3.8) is 0 Å². The minimum absolute atomic E-state index is 0. The summed E-state index contributed by atoms with van der Waals surface area (Å²) >= 11 is 4.69. The zero-order chi connectivity index (χ0) is 3.58. The van der Waals surface area contributed by atoms with Crippen molar-refractivity contribution in [2.45, 2.75) is 0 Å². The summed E-state index contributed by atoms with van der Waals surface area (Å²) in [6.45, 7) is 0. The average Bonchev–Trinajstić information content (AvgIpc) is 0.811. The molecule has 0 aromatic rings. The largest absolute Gasteiger partial charge is 0.328 e. The molecular weight excluding hydrogens is 367 g/mol. The fraction of sp³-hybridized carbons (Fsp3) is 0. The van der Waals surface area contributed by atoms with Crippen LogP contribution in [0.1, 0.15) is 0 Å². The molecule has 0 saturated carbocycles. The van der Waals surface area contributed by atoms with E-state index in [1.165, 1.54) is 0 Å². The van der Waals surface area contributed by atoms with Crippen molar-refractivity contribution in [2.24, 2.45) is 0 Å². The molecule has 0 aliphatic rings. The molecule has 0 aliphatic heterocycles. The van der Waals surface area contributed by atoms with E-state index in [-0.39, 0.29) is 21.5 Å². The fourth-order valence-electron chi connectivity index (χ4n) is 0. The molecule has 0 aromatic carbocycles. The van der Waals surface area contributed by atoms with E-state index >= 15 is 0 Å². The number of halogens is 2. The van der Waals surface area contributed by atoms with E-state index < -0.39 is 0 Å². The van der Waals surface area contributed by atoms with Crippen LogP contribution < -0.4 is 0 Å². The van der Waals surface area contributed by atoms with Gasteiger partial charge in [0.05, 0.1) is 0 Å². The summed E-state index contributed by atoms with van der Waals surface area (Å²) in [5.74, 6) is 0. The van der Waals surface area contributed by atoms with E-state index in [1.807, 2.05) is 0 Å². The van der Waals surface area contributed by atoms with Crippen molar-refractivity contribution in [2.75, 3.05) is 0 Å². The van der Waals surface area contributed by atoms with Crippen LogP contribution in [0.25, 0.3) is 0 Å². The summed E-state index contributed by atoms with van der Waals surface area (Å²) in [4.78, 5) is 0. The van der Waals surface area contributed by atoms with Gasteiger partial charge in [-0.25, -0.2) is 0 Å². The minimum atomic E-state index is -0.134. The molecule has 0 amide bonds. The first kappa shape index (κ1) is 10.8. The second kappa shape index (κ2) is 6.90. The normalized spacial score (nSPS) is 7.20. The van der Waals surface area contributed by atoms with Crippen LogP contribution in [0.5, 0.6) is 0 Å². The molecule has 31 valence electrons. The van der Waals surface area contributed by atoms with E-state index in [0.717, 1.165) is 0 Å². The van der Waals surface area contributed by atoms with Crippen LogP contribution in [-0.2, 0) is 18.6 Å². The van der Waals surface area contributed by atoms with Crippen LogP contribution >= 0.6 is 55.9 Å². The summed E-state index contributed by atoms with van der Waals surface area (Å²) in [5.41, 5.74) is 0.